The number of nitrogens with one attached hydrogen (secondary N) is 1. The average molecular weight is 295 g/mol. The molecule has 1 aliphatic rings. The van der Waals surface area contributed by atoms with Crippen molar-refractivity contribution in [2.75, 3.05) is 11.9 Å². The van der Waals surface area contributed by atoms with Crippen molar-refractivity contribution in [3.8, 4) is 5.75 Å². The van der Waals surface area contributed by atoms with Crippen LogP contribution in [0.1, 0.15) is 22.8 Å². The van der Waals surface area contributed by atoms with Crippen LogP contribution in [0.4, 0.5) is 5.69 Å². The molecule has 3 rings (SSSR count). The van der Waals surface area contributed by atoms with E-state index in [-0.39, 0.29) is 17.6 Å². The van der Waals surface area contributed by atoms with Crippen LogP contribution in [0.25, 0.3) is 0 Å². The molecular formula is C18H17NO3. The number of benzene rings is 2. The lowest BCUT2D eigenvalue weighted by Gasteiger charge is -2.24. The number of hydrogen-bond acceptors (Lipinski definition) is 3. The number of ketones is 1. The van der Waals surface area contributed by atoms with Crippen molar-refractivity contribution < 1.29 is 14.3 Å². The summed E-state index contributed by atoms with van der Waals surface area (Å²) in [5, 5.41) is 2.88. The van der Waals surface area contributed by atoms with Gasteiger partial charge in [-0.3, -0.25) is 9.59 Å². The van der Waals surface area contributed by atoms with Crippen molar-refractivity contribution in [2.24, 2.45) is 5.92 Å². The molecule has 0 radical (unpaired) electrons. The zero-order valence-electron chi connectivity index (χ0n) is 12.3. The first kappa shape index (κ1) is 14.3. The fourth-order valence-electron chi connectivity index (χ4n) is 2.53. The topological polar surface area (TPSA) is 55.4 Å². The molecule has 1 heterocycles. The van der Waals surface area contributed by atoms with Gasteiger partial charge >= 0.3 is 0 Å². The van der Waals surface area contributed by atoms with E-state index < -0.39 is 0 Å². The Morgan fingerprint density at radius 2 is 1.82 bits per heavy atom. The second-order valence-electron chi connectivity index (χ2n) is 5.44. The Bertz CT molecular complexity index is 707. The lowest BCUT2D eigenvalue weighted by Crippen LogP contribution is -2.32. The van der Waals surface area contributed by atoms with Crippen LogP contribution in [0.5, 0.6) is 5.75 Å². The molecule has 0 saturated carbocycles. The summed E-state index contributed by atoms with van der Waals surface area (Å²) in [4.78, 5) is 23.6. The minimum Gasteiger partial charge on any atom is -0.492 e. The summed E-state index contributed by atoms with van der Waals surface area (Å²) in [6, 6.07) is 14.7. The van der Waals surface area contributed by atoms with Crippen LogP contribution in [-0.2, 0) is 11.2 Å². The molecule has 4 heteroatoms. The Kier molecular flexibility index (Phi) is 3.92. The Labute approximate surface area is 129 Å². The lowest BCUT2D eigenvalue weighted by atomic mass is 9.96. The first-order chi connectivity index (χ1) is 10.6. The number of rotatable bonds is 3. The standard InChI is InChI=1S/C18H17NO3/c1-12(20)13-6-8-16(9-7-13)19-18(21)15-10-14-4-2-3-5-17(14)22-11-15/h2-9,15H,10-11H2,1H3,(H,19,21)/t15-/m0/s1. The number of amides is 1. The third-order valence-electron chi connectivity index (χ3n) is 3.81. The van der Waals surface area contributed by atoms with Crippen molar-refractivity contribution in [1.29, 1.82) is 0 Å². The van der Waals surface area contributed by atoms with E-state index in [1.165, 1.54) is 6.92 Å². The summed E-state index contributed by atoms with van der Waals surface area (Å²) in [6.45, 7) is 1.90. The Balaban J connectivity index is 1.66. The molecule has 0 unspecified atom stereocenters. The maximum atomic E-state index is 12.3. The van der Waals surface area contributed by atoms with Gasteiger partial charge in [-0.05, 0) is 49.2 Å². The molecule has 1 aliphatic heterocycles. The van der Waals surface area contributed by atoms with Gasteiger partial charge in [-0.25, -0.2) is 0 Å². The van der Waals surface area contributed by atoms with Gasteiger partial charge in [0.1, 0.15) is 12.4 Å². The molecule has 0 saturated heterocycles. The van der Waals surface area contributed by atoms with Gasteiger partial charge in [-0.15, -0.1) is 0 Å². The second-order valence-corrected chi connectivity index (χ2v) is 5.44. The second kappa shape index (κ2) is 6.02. The summed E-state index contributed by atoms with van der Waals surface area (Å²) in [5.41, 5.74) is 2.38. The Hall–Kier alpha value is -2.62. The highest BCUT2D eigenvalue weighted by atomic mass is 16.5. The first-order valence-electron chi connectivity index (χ1n) is 7.26. The minimum absolute atomic E-state index is 0.00941. The van der Waals surface area contributed by atoms with Crippen molar-refractivity contribution in [2.45, 2.75) is 13.3 Å². The molecule has 0 aliphatic carbocycles. The van der Waals surface area contributed by atoms with E-state index in [9.17, 15) is 9.59 Å². The molecule has 1 N–H and O–H groups in total. The maximum Gasteiger partial charge on any atom is 0.231 e. The molecule has 4 nitrogen and oxygen atoms in total. The van der Waals surface area contributed by atoms with Crippen LogP contribution in [0, 0.1) is 5.92 Å². The highest BCUT2D eigenvalue weighted by Gasteiger charge is 2.25. The van der Waals surface area contributed by atoms with Crippen LogP contribution in [0.15, 0.2) is 48.5 Å². The van der Waals surface area contributed by atoms with Gasteiger partial charge in [0, 0.05) is 11.3 Å². The van der Waals surface area contributed by atoms with Gasteiger partial charge in [0.15, 0.2) is 5.78 Å². The summed E-state index contributed by atoms with van der Waals surface area (Å²) >= 11 is 0. The molecule has 2 aromatic carbocycles. The van der Waals surface area contributed by atoms with Gasteiger partial charge in [0.25, 0.3) is 0 Å². The zero-order chi connectivity index (χ0) is 15.5. The lowest BCUT2D eigenvalue weighted by molar-refractivity contribution is -0.121. The number of carbonyl (C=O) groups is 2. The van der Waals surface area contributed by atoms with Crippen molar-refractivity contribution in [3.63, 3.8) is 0 Å². The monoisotopic (exact) mass is 295 g/mol. The molecule has 1 atom stereocenters. The number of fused-ring (bicyclic) bond motifs is 1. The van der Waals surface area contributed by atoms with E-state index in [1.54, 1.807) is 24.3 Å². The molecule has 1 amide bonds. The first-order valence-corrected chi connectivity index (χ1v) is 7.26. The summed E-state index contributed by atoms with van der Waals surface area (Å²) in [7, 11) is 0. The van der Waals surface area contributed by atoms with Crippen LogP contribution >= 0.6 is 0 Å². The Morgan fingerprint density at radius 3 is 2.55 bits per heavy atom. The summed E-state index contributed by atoms with van der Waals surface area (Å²) in [6.07, 6.45) is 0.674. The van der Waals surface area contributed by atoms with E-state index in [2.05, 4.69) is 5.32 Å². The van der Waals surface area contributed by atoms with Crippen LogP contribution in [-0.4, -0.2) is 18.3 Å². The molecule has 2 aromatic rings. The molecule has 0 spiro atoms. The van der Waals surface area contributed by atoms with Gasteiger partial charge in [-0.1, -0.05) is 18.2 Å². The Morgan fingerprint density at radius 1 is 1.09 bits per heavy atom. The molecule has 0 fully saturated rings. The van der Waals surface area contributed by atoms with E-state index in [0.717, 1.165) is 11.3 Å². The third-order valence-corrected chi connectivity index (χ3v) is 3.81. The highest BCUT2D eigenvalue weighted by Crippen LogP contribution is 2.27. The highest BCUT2D eigenvalue weighted by molar-refractivity contribution is 5.96. The fourth-order valence-corrected chi connectivity index (χ4v) is 2.53. The van der Waals surface area contributed by atoms with Gasteiger partial charge in [0.05, 0.1) is 5.92 Å². The van der Waals surface area contributed by atoms with Crippen molar-refractivity contribution in [3.05, 3.63) is 59.7 Å². The third kappa shape index (κ3) is 3.01. The predicted molar refractivity (Wildman–Crippen MR) is 84.2 cm³/mol. The molecule has 22 heavy (non-hydrogen) atoms. The fraction of sp³-hybridized carbons (Fsp3) is 0.222. The van der Waals surface area contributed by atoms with Gasteiger partial charge in [-0.2, -0.15) is 0 Å². The maximum absolute atomic E-state index is 12.3. The summed E-state index contributed by atoms with van der Waals surface area (Å²) < 4.78 is 5.64. The SMILES string of the molecule is CC(=O)c1ccc(NC(=O)[C@@H]2COc3ccccc3C2)cc1. The van der Waals surface area contributed by atoms with Gasteiger partial charge < -0.3 is 10.1 Å². The van der Waals surface area contributed by atoms with Crippen molar-refractivity contribution in [1.82, 2.24) is 0 Å². The molecule has 112 valence electrons. The number of carbonyl (C=O) groups excluding carboxylic acids is 2. The van der Waals surface area contributed by atoms with Crippen LogP contribution in [0.3, 0.4) is 0 Å². The average Bonchev–Trinajstić information content (AvgIpc) is 2.55. The van der Waals surface area contributed by atoms with Crippen LogP contribution < -0.4 is 10.1 Å². The number of hydrogen-bond donors (Lipinski definition) is 1. The molecule has 0 bridgehead atoms. The van der Waals surface area contributed by atoms with Crippen LogP contribution in [0.2, 0.25) is 0 Å². The van der Waals surface area contributed by atoms with E-state index >= 15 is 0 Å². The van der Waals surface area contributed by atoms with E-state index in [4.69, 9.17) is 4.74 Å². The largest absolute Gasteiger partial charge is 0.492 e. The number of Topliss-reactive ketones (excluding diaryl/α,β-unsaturated/α-hetero) is 1. The zero-order valence-corrected chi connectivity index (χ0v) is 12.3. The predicted octanol–water partition coefficient (Wildman–Crippen LogP) is 3.08. The molecular weight excluding hydrogens is 278 g/mol. The smallest absolute Gasteiger partial charge is 0.231 e. The van der Waals surface area contributed by atoms with E-state index in [1.807, 2.05) is 24.3 Å². The van der Waals surface area contributed by atoms with Crippen molar-refractivity contribution >= 4 is 17.4 Å². The van der Waals surface area contributed by atoms with E-state index in [0.29, 0.717) is 24.3 Å². The molecule has 0 aromatic heterocycles. The number of ether oxygens (including phenoxy) is 1. The minimum atomic E-state index is -0.206. The number of anilines is 1. The normalized spacial score (nSPS) is 16.3. The van der Waals surface area contributed by atoms with Gasteiger partial charge in [0.2, 0.25) is 5.91 Å². The summed E-state index contributed by atoms with van der Waals surface area (Å²) in [5.74, 6) is 0.597. The quantitative estimate of drug-likeness (QED) is 0.885. The number of para-hydroxylation sites is 1.